The van der Waals surface area contributed by atoms with E-state index in [-0.39, 0.29) is 38.1 Å². The molecular formula is C36H43Br2N3O5S2. The van der Waals surface area contributed by atoms with Crippen molar-refractivity contribution in [3.8, 4) is 0 Å². The molecule has 48 heavy (non-hydrogen) atoms. The number of sulfonamides is 2. The van der Waals surface area contributed by atoms with E-state index < -0.39 is 20.0 Å². The van der Waals surface area contributed by atoms with Gasteiger partial charge in [-0.15, -0.1) is 0 Å². The number of aryl methyl sites for hydroxylation is 2. The van der Waals surface area contributed by atoms with Gasteiger partial charge in [-0.2, -0.15) is 8.61 Å². The molecule has 12 heteroatoms. The van der Waals surface area contributed by atoms with Gasteiger partial charge in [0.1, 0.15) is 0 Å². The van der Waals surface area contributed by atoms with E-state index in [0.717, 1.165) is 36.8 Å². The molecular weight excluding hydrogens is 778 g/mol. The number of benzene rings is 4. The van der Waals surface area contributed by atoms with Gasteiger partial charge in [-0.1, -0.05) is 88.2 Å². The molecule has 1 atom stereocenters. The predicted octanol–water partition coefficient (Wildman–Crippen LogP) is 7.46. The Morgan fingerprint density at radius 3 is 1.69 bits per heavy atom. The first-order valence-corrected chi connectivity index (χ1v) is 19.2. The maximum absolute atomic E-state index is 12.9. The Hall–Kier alpha value is -2.71. The van der Waals surface area contributed by atoms with E-state index in [0.29, 0.717) is 42.9 Å². The Kier molecular flexibility index (Phi) is 13.5. The quantitative estimate of drug-likeness (QED) is 0.229. The van der Waals surface area contributed by atoms with Gasteiger partial charge in [0.2, 0.25) is 20.0 Å². The maximum atomic E-state index is 12.9. The molecule has 2 aliphatic rings. The second-order valence-electron chi connectivity index (χ2n) is 11.5. The molecule has 258 valence electrons. The Labute approximate surface area is 302 Å². The van der Waals surface area contributed by atoms with Crippen LogP contribution in [0, 0.1) is 13.8 Å². The molecule has 4 aromatic carbocycles. The molecule has 1 unspecified atom stereocenters. The number of nitrogens with zero attached hydrogens (tertiary/aromatic N) is 2. The van der Waals surface area contributed by atoms with Crippen molar-refractivity contribution in [3.05, 3.63) is 127 Å². The second-order valence-corrected chi connectivity index (χ2v) is 17.2. The third-order valence-electron chi connectivity index (χ3n) is 8.17. The van der Waals surface area contributed by atoms with E-state index in [1.165, 1.54) is 8.61 Å². The molecule has 2 N–H and O–H groups in total. The largest absolute Gasteiger partial charge is 0.323 e. The van der Waals surface area contributed by atoms with E-state index in [9.17, 15) is 21.6 Å². The van der Waals surface area contributed by atoms with Crippen molar-refractivity contribution >= 4 is 57.7 Å². The third-order valence-corrected chi connectivity index (χ3v) is 12.9. The fraction of sp³-hybridized carbons (Fsp3) is 0.306. The average Bonchev–Trinajstić information content (AvgIpc) is 3.29. The van der Waals surface area contributed by atoms with Gasteiger partial charge in [-0.25, -0.2) is 16.8 Å². The summed E-state index contributed by atoms with van der Waals surface area (Å²) in [6, 6.07) is 24.7. The normalized spacial score (nSPS) is 16.9. The first-order chi connectivity index (χ1) is 21.8. The SMILES string of the molecule is C.C.Cc1ccc(S(=O)(=O)N2CCc3cc(Br)ccc3C(=O)C2)cc1.Cc1ccc(S(=O)(=O)N2CCc3cc(Br)ccc3C(N)C2)cc1. The summed E-state index contributed by atoms with van der Waals surface area (Å²) in [6.07, 6.45) is 1.18. The molecule has 0 aliphatic carbocycles. The lowest BCUT2D eigenvalue weighted by atomic mass is 10.0. The summed E-state index contributed by atoms with van der Waals surface area (Å²) < 4.78 is 56.0. The van der Waals surface area contributed by atoms with Crippen molar-refractivity contribution in [2.45, 2.75) is 57.4 Å². The van der Waals surface area contributed by atoms with Crippen molar-refractivity contribution in [1.82, 2.24) is 8.61 Å². The number of carbonyl (C=O) groups is 1. The molecule has 4 aromatic rings. The van der Waals surface area contributed by atoms with Crippen LogP contribution in [-0.2, 0) is 32.9 Å². The fourth-order valence-electron chi connectivity index (χ4n) is 5.56. The van der Waals surface area contributed by atoms with Gasteiger partial charge < -0.3 is 5.73 Å². The molecule has 0 aromatic heterocycles. The van der Waals surface area contributed by atoms with E-state index in [1.54, 1.807) is 48.5 Å². The zero-order valence-electron chi connectivity index (χ0n) is 25.5. The Morgan fingerprint density at radius 1 is 0.667 bits per heavy atom. The standard InChI is InChI=1S/C17H19BrN2O2S.C17H16BrNO3S.2CH4/c1-12-2-5-15(6-3-12)23(21,22)20-9-8-13-10-14(18)4-7-16(13)17(19)11-20;1-12-2-5-15(6-3-12)23(21,22)19-9-8-13-10-14(18)4-7-16(13)17(20)11-19;;/h2-7,10,17H,8-9,11,19H2,1H3;2-7,10H,8-9,11H2,1H3;2*1H4. The number of fused-ring (bicyclic) bond motifs is 2. The summed E-state index contributed by atoms with van der Waals surface area (Å²) in [5.74, 6) is -0.166. The molecule has 2 aliphatic heterocycles. The topological polar surface area (TPSA) is 118 Å². The number of Topliss-reactive ketones (excluding diaryl/α,β-unsaturated/α-hetero) is 1. The number of ketones is 1. The van der Waals surface area contributed by atoms with Gasteiger partial charge in [-0.3, -0.25) is 4.79 Å². The van der Waals surface area contributed by atoms with Gasteiger partial charge in [0, 0.05) is 40.2 Å². The van der Waals surface area contributed by atoms with E-state index in [1.807, 2.05) is 50.2 Å². The van der Waals surface area contributed by atoms with E-state index in [4.69, 9.17) is 5.73 Å². The fourth-order valence-corrected chi connectivity index (χ4v) is 9.24. The summed E-state index contributed by atoms with van der Waals surface area (Å²) in [6.45, 7) is 4.75. The van der Waals surface area contributed by atoms with Crippen LogP contribution in [-0.4, -0.2) is 57.4 Å². The van der Waals surface area contributed by atoms with Crippen molar-refractivity contribution in [2.75, 3.05) is 26.2 Å². The lowest BCUT2D eigenvalue weighted by Gasteiger charge is -2.22. The van der Waals surface area contributed by atoms with Gasteiger partial charge in [-0.05, 0) is 98.0 Å². The molecule has 2 heterocycles. The van der Waals surface area contributed by atoms with Gasteiger partial charge >= 0.3 is 0 Å². The highest BCUT2D eigenvalue weighted by atomic mass is 79.9. The van der Waals surface area contributed by atoms with Crippen LogP contribution in [0.15, 0.2) is 104 Å². The molecule has 0 fully saturated rings. The van der Waals surface area contributed by atoms with Crippen LogP contribution in [0.1, 0.15) is 59.1 Å². The van der Waals surface area contributed by atoms with E-state index in [2.05, 4.69) is 31.9 Å². The number of hydrogen-bond acceptors (Lipinski definition) is 6. The van der Waals surface area contributed by atoms with Crippen molar-refractivity contribution in [1.29, 1.82) is 0 Å². The zero-order chi connectivity index (χ0) is 33.2. The molecule has 0 radical (unpaired) electrons. The molecule has 0 bridgehead atoms. The number of carbonyl (C=O) groups excluding carboxylic acids is 1. The smallest absolute Gasteiger partial charge is 0.243 e. The highest BCUT2D eigenvalue weighted by Crippen LogP contribution is 2.29. The first kappa shape index (κ1) is 39.7. The monoisotopic (exact) mass is 819 g/mol. The molecule has 0 saturated carbocycles. The van der Waals surface area contributed by atoms with Crippen molar-refractivity contribution < 1.29 is 21.6 Å². The average molecular weight is 822 g/mol. The number of rotatable bonds is 4. The zero-order valence-corrected chi connectivity index (χ0v) is 30.3. The summed E-state index contributed by atoms with van der Waals surface area (Å²) in [5, 5.41) is 0. The summed E-state index contributed by atoms with van der Waals surface area (Å²) in [7, 11) is -7.18. The maximum Gasteiger partial charge on any atom is 0.243 e. The van der Waals surface area contributed by atoms with Gasteiger partial charge in [0.15, 0.2) is 5.78 Å². The van der Waals surface area contributed by atoms with Crippen molar-refractivity contribution in [3.63, 3.8) is 0 Å². The number of halogens is 2. The lowest BCUT2D eigenvalue weighted by molar-refractivity contribution is 0.0971. The van der Waals surface area contributed by atoms with Crippen molar-refractivity contribution in [2.24, 2.45) is 5.73 Å². The molecule has 0 spiro atoms. The van der Waals surface area contributed by atoms with Crippen LogP contribution in [0.4, 0.5) is 0 Å². The minimum Gasteiger partial charge on any atom is -0.323 e. The lowest BCUT2D eigenvalue weighted by Crippen LogP contribution is -2.36. The predicted molar refractivity (Wildman–Crippen MR) is 200 cm³/mol. The minimum atomic E-state index is -3.66. The Bertz CT molecular complexity index is 1970. The Balaban J connectivity index is 0.000000250. The molecule has 8 nitrogen and oxygen atoms in total. The van der Waals surface area contributed by atoms with Gasteiger partial charge in [0.05, 0.1) is 16.3 Å². The minimum absolute atomic E-state index is 0. The van der Waals surface area contributed by atoms with E-state index >= 15 is 0 Å². The summed E-state index contributed by atoms with van der Waals surface area (Å²) >= 11 is 6.85. The third kappa shape index (κ3) is 8.90. The van der Waals surface area contributed by atoms with Crippen LogP contribution in [0.2, 0.25) is 0 Å². The van der Waals surface area contributed by atoms with Crippen LogP contribution >= 0.6 is 31.9 Å². The molecule has 0 saturated heterocycles. The highest BCUT2D eigenvalue weighted by Gasteiger charge is 2.31. The Morgan fingerprint density at radius 2 is 1.12 bits per heavy atom. The van der Waals surface area contributed by atoms with Crippen LogP contribution in [0.25, 0.3) is 0 Å². The van der Waals surface area contributed by atoms with Gasteiger partial charge in [0.25, 0.3) is 0 Å². The van der Waals surface area contributed by atoms with Crippen LogP contribution in [0.3, 0.4) is 0 Å². The van der Waals surface area contributed by atoms with Crippen LogP contribution < -0.4 is 5.73 Å². The van der Waals surface area contributed by atoms with Crippen LogP contribution in [0.5, 0.6) is 0 Å². The molecule has 0 amide bonds. The number of hydrogen-bond donors (Lipinski definition) is 1. The first-order valence-electron chi connectivity index (χ1n) is 14.7. The molecule has 6 rings (SSSR count). The summed E-state index contributed by atoms with van der Waals surface area (Å²) in [4.78, 5) is 13.0. The highest BCUT2D eigenvalue weighted by molar-refractivity contribution is 9.10. The summed E-state index contributed by atoms with van der Waals surface area (Å²) in [5.41, 5.74) is 11.9. The number of nitrogens with two attached hydrogens (primary N) is 1. The second kappa shape index (κ2) is 16.3.